The van der Waals surface area contributed by atoms with Gasteiger partial charge in [-0.15, -0.1) is 0 Å². The van der Waals surface area contributed by atoms with Gasteiger partial charge in [0.2, 0.25) is 0 Å². The second-order valence-corrected chi connectivity index (χ2v) is 18.7. The van der Waals surface area contributed by atoms with E-state index in [1.165, 1.54) is 45.1 Å². The molecule has 5 rings (SSSR count). The molecular formula is C27H42N12O14P2S2. The van der Waals surface area contributed by atoms with Gasteiger partial charge in [-0.2, -0.15) is 4.98 Å². The Morgan fingerprint density at radius 3 is 2.60 bits per heavy atom. The highest BCUT2D eigenvalue weighted by Gasteiger charge is 2.52. The molecule has 2 unspecified atom stereocenters. The fourth-order valence-electron chi connectivity index (χ4n) is 5.86. The Morgan fingerprint density at radius 2 is 1.91 bits per heavy atom. The number of carbonyl (C=O) groups excluding carboxylic acids is 1. The number of hydrogen-bond acceptors (Lipinski definition) is 22. The van der Waals surface area contributed by atoms with E-state index in [1.54, 1.807) is 0 Å². The molecule has 0 radical (unpaired) electrons. The quantitative estimate of drug-likeness (QED) is 0.0233. The fraction of sp³-hybridized carbons (Fsp3) is 0.667. The maximum Gasteiger partial charge on any atom is 0.472 e. The fourth-order valence-corrected chi connectivity index (χ4v) is 9.51. The van der Waals surface area contributed by atoms with Crippen molar-refractivity contribution in [2.75, 3.05) is 48.1 Å². The molecule has 26 nitrogen and oxygen atoms in total. The van der Waals surface area contributed by atoms with Gasteiger partial charge < -0.3 is 61.4 Å². The van der Waals surface area contributed by atoms with Gasteiger partial charge in [-0.05, 0) is 18.0 Å². The zero-order chi connectivity index (χ0) is 41.7. The van der Waals surface area contributed by atoms with Gasteiger partial charge in [0.05, 0.1) is 19.9 Å². The summed E-state index contributed by atoms with van der Waals surface area (Å²) in [5.41, 5.74) is 26.1. The SMILES string of the molecule is CC(C)SSC(CN=[N+]=[N-])C[C@H](N)C(=O)O[C@H]1[C@@H](O)[C@H](N2CNc3c(N)ncnc32)O[C@@H]1COP(=O)(O)O[C@H]1C[C@H](n2ccc(N)nc2=O)O[C@@H]1COP(=O)(O)O. The summed E-state index contributed by atoms with van der Waals surface area (Å²) in [4.78, 5) is 71.2. The number of fused-ring (bicyclic) bond motifs is 1. The number of aliphatic hydroxyl groups is 1. The van der Waals surface area contributed by atoms with Crippen LogP contribution in [0.15, 0.2) is 28.5 Å². The molecule has 30 heteroatoms. The van der Waals surface area contributed by atoms with E-state index < -0.39 is 89.5 Å². The van der Waals surface area contributed by atoms with E-state index in [1.807, 2.05) is 13.8 Å². The lowest BCUT2D eigenvalue weighted by atomic mass is 10.1. The van der Waals surface area contributed by atoms with E-state index in [9.17, 15) is 38.5 Å². The second kappa shape index (κ2) is 19.2. The van der Waals surface area contributed by atoms with Crippen molar-refractivity contribution in [3.05, 3.63) is 39.5 Å². The molecule has 0 bridgehead atoms. The number of carbonyl (C=O) groups is 1. The van der Waals surface area contributed by atoms with Crippen LogP contribution in [0.1, 0.15) is 32.9 Å². The van der Waals surface area contributed by atoms with Gasteiger partial charge in [0.15, 0.2) is 24.0 Å². The molecule has 57 heavy (non-hydrogen) atoms. The third-order valence-corrected chi connectivity index (χ3v) is 13.3. The summed E-state index contributed by atoms with van der Waals surface area (Å²) < 4.78 is 58.5. The number of aliphatic hydroxyl groups excluding tert-OH is 1. The molecule has 0 amide bonds. The van der Waals surface area contributed by atoms with Gasteiger partial charge in [0.25, 0.3) is 0 Å². The molecule has 3 aliphatic rings. The number of esters is 1. The number of ether oxygens (including phenoxy) is 3. The average Bonchev–Trinajstić information content (AvgIpc) is 3.82. The number of hydrogen-bond donors (Lipinski definition) is 8. The molecule has 2 saturated heterocycles. The number of aromatic nitrogens is 4. The van der Waals surface area contributed by atoms with Crippen molar-refractivity contribution in [2.45, 2.75) is 86.2 Å². The van der Waals surface area contributed by atoms with Crippen LogP contribution >= 0.6 is 37.2 Å². The van der Waals surface area contributed by atoms with Gasteiger partial charge in [0.1, 0.15) is 54.5 Å². The molecule has 0 aromatic carbocycles. The van der Waals surface area contributed by atoms with Crippen molar-refractivity contribution in [3.8, 4) is 0 Å². The highest BCUT2D eigenvalue weighted by molar-refractivity contribution is 8.77. The predicted molar refractivity (Wildman–Crippen MR) is 203 cm³/mol. The Hall–Kier alpha value is -3.30. The third kappa shape index (κ3) is 11.9. The van der Waals surface area contributed by atoms with Crippen molar-refractivity contribution in [1.29, 1.82) is 0 Å². The van der Waals surface area contributed by atoms with Crippen molar-refractivity contribution < 1.29 is 61.5 Å². The first-order valence-electron chi connectivity index (χ1n) is 16.9. The first-order valence-corrected chi connectivity index (χ1v) is 22.3. The lowest BCUT2D eigenvalue weighted by Gasteiger charge is -2.27. The molecular weight excluding hydrogens is 842 g/mol. The van der Waals surface area contributed by atoms with Gasteiger partial charge in [0, 0.05) is 34.6 Å². The van der Waals surface area contributed by atoms with Crippen LogP contribution in [0.4, 0.5) is 23.1 Å². The maximum absolute atomic E-state index is 13.4. The van der Waals surface area contributed by atoms with Crippen molar-refractivity contribution in [1.82, 2.24) is 19.5 Å². The average molecular weight is 885 g/mol. The number of nitrogens with zero attached hydrogens (tertiary/aromatic N) is 8. The number of anilines is 4. The van der Waals surface area contributed by atoms with Crippen LogP contribution in [0, 0.1) is 0 Å². The topological polar surface area (TPSA) is 390 Å². The monoisotopic (exact) mass is 884 g/mol. The van der Waals surface area contributed by atoms with E-state index in [2.05, 4.69) is 34.8 Å². The molecule has 5 heterocycles. The summed E-state index contributed by atoms with van der Waals surface area (Å²) in [6.07, 6.45) is -7.90. The Bertz CT molecular complexity index is 1950. The molecule has 0 spiro atoms. The molecule has 0 aliphatic carbocycles. The van der Waals surface area contributed by atoms with Crippen LogP contribution in [0.2, 0.25) is 0 Å². The smallest absolute Gasteiger partial charge is 0.455 e. The van der Waals surface area contributed by atoms with Gasteiger partial charge in [-0.1, -0.05) is 40.5 Å². The van der Waals surface area contributed by atoms with Gasteiger partial charge >= 0.3 is 27.3 Å². The lowest BCUT2D eigenvalue weighted by Crippen LogP contribution is -2.47. The third-order valence-electron chi connectivity index (χ3n) is 8.40. The molecule has 11 N–H and O–H groups in total. The molecule has 2 fully saturated rings. The first kappa shape index (κ1) is 44.8. The molecule has 316 valence electrons. The minimum atomic E-state index is -5.17. The van der Waals surface area contributed by atoms with E-state index in [-0.39, 0.29) is 54.0 Å². The number of nitrogen functional groups attached to an aromatic ring is 2. The summed E-state index contributed by atoms with van der Waals surface area (Å²) in [7, 11) is -7.35. The number of azide groups is 1. The van der Waals surface area contributed by atoms with Crippen LogP contribution < -0.4 is 33.1 Å². The van der Waals surface area contributed by atoms with Crippen molar-refractivity contribution in [3.63, 3.8) is 0 Å². The lowest BCUT2D eigenvalue weighted by molar-refractivity contribution is -0.158. The first-order chi connectivity index (χ1) is 26.9. The largest absolute Gasteiger partial charge is 0.472 e. The van der Waals surface area contributed by atoms with Gasteiger partial charge in [-0.25, -0.2) is 23.9 Å². The maximum atomic E-state index is 13.4. The highest BCUT2D eigenvalue weighted by Crippen LogP contribution is 2.50. The number of phosphoric acid groups is 2. The van der Waals surface area contributed by atoms with Crippen molar-refractivity contribution >= 4 is 66.3 Å². The minimum absolute atomic E-state index is 0.00861. The Morgan fingerprint density at radius 1 is 1.18 bits per heavy atom. The zero-order valence-electron chi connectivity index (χ0n) is 30.1. The molecule has 2 aromatic rings. The minimum Gasteiger partial charge on any atom is -0.455 e. The Labute approximate surface area is 331 Å². The second-order valence-electron chi connectivity index (χ2n) is 12.9. The normalized spacial score (nSPS) is 26.7. The predicted octanol–water partition coefficient (Wildman–Crippen LogP) is 0.170. The van der Waals surface area contributed by atoms with E-state index in [4.69, 9.17) is 46.0 Å². The molecule has 10 atom stereocenters. The number of rotatable bonds is 19. The number of nitrogens with two attached hydrogens (primary N) is 3. The Balaban J connectivity index is 1.32. The van der Waals surface area contributed by atoms with Gasteiger partial charge in [-0.3, -0.25) is 22.9 Å². The van der Waals surface area contributed by atoms with E-state index >= 15 is 0 Å². The Kier molecular flexibility index (Phi) is 15.1. The van der Waals surface area contributed by atoms with Crippen LogP contribution in [0.25, 0.3) is 10.4 Å². The number of nitrogens with one attached hydrogen (secondary N) is 1. The summed E-state index contributed by atoms with van der Waals surface area (Å²) in [6, 6.07) is 0.0162. The summed E-state index contributed by atoms with van der Waals surface area (Å²) in [5, 5.41) is 18.0. The zero-order valence-corrected chi connectivity index (χ0v) is 33.6. The van der Waals surface area contributed by atoms with Crippen molar-refractivity contribution in [2.24, 2.45) is 10.8 Å². The van der Waals surface area contributed by atoms with Crippen LogP contribution in [-0.4, -0.2) is 125 Å². The molecule has 3 aliphatic heterocycles. The number of phosphoric ester groups is 2. The summed E-state index contributed by atoms with van der Waals surface area (Å²) in [5.74, 6) is -0.729. The summed E-state index contributed by atoms with van der Waals surface area (Å²) in [6.45, 7) is 2.28. The summed E-state index contributed by atoms with van der Waals surface area (Å²) >= 11 is 0. The van der Waals surface area contributed by atoms with Crippen LogP contribution in [0.5, 0.6) is 0 Å². The van der Waals surface area contributed by atoms with Crippen LogP contribution in [0.3, 0.4) is 0 Å². The highest BCUT2D eigenvalue weighted by atomic mass is 33.1. The molecule has 0 saturated carbocycles. The van der Waals surface area contributed by atoms with E-state index in [0.29, 0.717) is 5.69 Å². The standard InChI is InChI=1S/C27H42N12O14P2S2/c1-12(2)56-57-13(7-35-37-31)5-14(28)26(41)52-22-17(51-25(21(22)40)39-11-34-20-23(30)32-10-33-24(20)39)9-49-55(46,47)53-15-6-19(38-4-3-18(29)36-27(38)42)50-16(15)8-48-54(43,44)45/h3-4,10,12-17,19,21-22,25,34,40H,5-9,11,28H2,1-2H3,(H,46,47)(H2,29,36,42)(H2,30,32,33)(H2,43,44,45)/t13?,14-,15-,16+,17+,19+,21+,22+,25+/m0/s1. The van der Waals surface area contributed by atoms with Crippen LogP contribution in [-0.2, 0) is 41.7 Å². The van der Waals surface area contributed by atoms with E-state index in [0.717, 1.165) is 4.57 Å². The molecule has 2 aromatic heterocycles.